The summed E-state index contributed by atoms with van der Waals surface area (Å²) in [7, 11) is 0. The highest BCUT2D eigenvalue weighted by molar-refractivity contribution is 5.71. The van der Waals surface area contributed by atoms with E-state index in [1.807, 2.05) is 0 Å². The van der Waals surface area contributed by atoms with Crippen molar-refractivity contribution in [2.45, 2.75) is 264 Å². The highest BCUT2D eigenvalue weighted by atomic mass is 16.6. The van der Waals surface area contributed by atoms with Crippen molar-refractivity contribution in [2.24, 2.45) is 0 Å². The molecule has 6 heteroatoms. The summed E-state index contributed by atoms with van der Waals surface area (Å²) in [5.74, 6) is -0.906. The first-order chi connectivity index (χ1) is 31.5. The zero-order chi connectivity index (χ0) is 46.5. The molecule has 0 aliphatic carbocycles. The molecule has 0 aromatic rings. The predicted octanol–water partition coefficient (Wildman–Crippen LogP) is 17.8. The van der Waals surface area contributed by atoms with E-state index in [2.05, 4.69) is 93.7 Å². The average molecular weight is 893 g/mol. The van der Waals surface area contributed by atoms with Crippen LogP contribution in [0.4, 0.5) is 0 Å². The van der Waals surface area contributed by atoms with E-state index in [1.165, 1.54) is 103 Å². The number of unbranched alkanes of at least 4 members (excludes halogenated alkanes) is 25. The molecule has 0 rings (SSSR count). The molecule has 368 valence electrons. The lowest BCUT2D eigenvalue weighted by molar-refractivity contribution is -0.167. The summed E-state index contributed by atoms with van der Waals surface area (Å²) in [6, 6.07) is 0. The Bertz CT molecular complexity index is 1210. The van der Waals surface area contributed by atoms with Gasteiger partial charge in [0.1, 0.15) is 13.2 Å². The smallest absolute Gasteiger partial charge is 0.306 e. The molecule has 0 saturated carbocycles. The van der Waals surface area contributed by atoms with Crippen molar-refractivity contribution in [1.29, 1.82) is 0 Å². The highest BCUT2D eigenvalue weighted by Crippen LogP contribution is 2.15. The summed E-state index contributed by atoms with van der Waals surface area (Å²) in [6.07, 6.45) is 66.5. The molecule has 0 saturated heterocycles. The minimum absolute atomic E-state index is 0.0803. The Hall–Kier alpha value is -3.15. The monoisotopic (exact) mass is 893 g/mol. The molecule has 0 aliphatic heterocycles. The van der Waals surface area contributed by atoms with Crippen molar-refractivity contribution < 1.29 is 28.6 Å². The van der Waals surface area contributed by atoms with Crippen LogP contribution >= 0.6 is 0 Å². The quantitative estimate of drug-likeness (QED) is 0.0262. The maximum atomic E-state index is 12.7. The van der Waals surface area contributed by atoms with Gasteiger partial charge in [-0.3, -0.25) is 14.4 Å². The lowest BCUT2D eigenvalue weighted by Gasteiger charge is -2.18. The highest BCUT2D eigenvalue weighted by Gasteiger charge is 2.19. The Morgan fingerprint density at radius 3 is 1.00 bits per heavy atom. The molecule has 0 radical (unpaired) electrons. The van der Waals surface area contributed by atoms with Gasteiger partial charge in [0.25, 0.3) is 0 Å². The Balaban J connectivity index is 4.05. The third kappa shape index (κ3) is 49.9. The van der Waals surface area contributed by atoms with Crippen LogP contribution in [0.3, 0.4) is 0 Å². The number of esters is 3. The number of carbonyl (C=O) groups excluding carboxylic acids is 3. The number of ether oxygens (including phenoxy) is 3. The molecule has 0 fully saturated rings. The van der Waals surface area contributed by atoms with Crippen LogP contribution in [0.5, 0.6) is 0 Å². The zero-order valence-electron chi connectivity index (χ0n) is 42.0. The van der Waals surface area contributed by atoms with Crippen LogP contribution in [-0.4, -0.2) is 37.2 Å². The molecule has 0 N–H and O–H groups in total. The second-order valence-corrected chi connectivity index (χ2v) is 17.8. The van der Waals surface area contributed by atoms with Gasteiger partial charge in [-0.05, 0) is 83.5 Å². The summed E-state index contributed by atoms with van der Waals surface area (Å²) in [5.41, 5.74) is 0. The van der Waals surface area contributed by atoms with Crippen LogP contribution < -0.4 is 0 Å². The molecule has 0 aromatic carbocycles. The molecular weight excluding hydrogens is 793 g/mol. The van der Waals surface area contributed by atoms with Crippen molar-refractivity contribution in [3.05, 3.63) is 72.9 Å². The number of hydrogen-bond donors (Lipinski definition) is 0. The summed E-state index contributed by atoms with van der Waals surface area (Å²) in [4.78, 5) is 37.7. The molecule has 64 heavy (non-hydrogen) atoms. The number of allylic oxidation sites excluding steroid dienone is 12. The van der Waals surface area contributed by atoms with Gasteiger partial charge in [0.05, 0.1) is 0 Å². The fraction of sp³-hybridized carbons (Fsp3) is 0.741. The predicted molar refractivity (Wildman–Crippen MR) is 274 cm³/mol. The standard InChI is InChI=1S/C58H100O6/c1-4-7-10-13-15-17-19-21-23-24-25-26-27-28-29-30-31-32-33-34-35-37-38-40-42-45-48-51-57(60)63-54-55(53-62-56(59)50-47-44-12-9-6-3)64-58(61)52-49-46-43-41-39-36-22-20-18-16-14-11-8-5-2/h7,10,14-17,20-23,25-26,55H,4-6,8-9,11-13,18-19,24,27-54H2,1-3H3/b10-7-,16-14-,17-15-,22-20-,23-21-,26-25-. The lowest BCUT2D eigenvalue weighted by atomic mass is 10.0. The van der Waals surface area contributed by atoms with Gasteiger partial charge in [-0.1, -0.05) is 229 Å². The molecule has 0 bridgehead atoms. The van der Waals surface area contributed by atoms with Gasteiger partial charge in [-0.15, -0.1) is 0 Å². The topological polar surface area (TPSA) is 78.9 Å². The van der Waals surface area contributed by atoms with E-state index in [9.17, 15) is 14.4 Å². The molecule has 0 heterocycles. The van der Waals surface area contributed by atoms with Crippen molar-refractivity contribution >= 4 is 17.9 Å². The number of rotatable bonds is 48. The summed E-state index contributed by atoms with van der Waals surface area (Å²) in [6.45, 7) is 6.39. The molecule has 1 atom stereocenters. The Labute approximate surface area is 395 Å². The van der Waals surface area contributed by atoms with Crippen LogP contribution in [0.25, 0.3) is 0 Å². The minimum Gasteiger partial charge on any atom is -0.462 e. The first-order valence-corrected chi connectivity index (χ1v) is 26.9. The van der Waals surface area contributed by atoms with Crippen LogP contribution in [0.15, 0.2) is 72.9 Å². The average Bonchev–Trinajstić information content (AvgIpc) is 3.29. The Morgan fingerprint density at radius 1 is 0.328 bits per heavy atom. The van der Waals surface area contributed by atoms with E-state index in [1.54, 1.807) is 0 Å². The summed E-state index contributed by atoms with van der Waals surface area (Å²) < 4.78 is 16.7. The molecule has 6 nitrogen and oxygen atoms in total. The van der Waals surface area contributed by atoms with E-state index in [-0.39, 0.29) is 31.1 Å². The van der Waals surface area contributed by atoms with Gasteiger partial charge in [0.15, 0.2) is 6.10 Å². The summed E-state index contributed by atoms with van der Waals surface area (Å²) in [5, 5.41) is 0. The van der Waals surface area contributed by atoms with Crippen LogP contribution in [-0.2, 0) is 28.6 Å². The third-order valence-corrected chi connectivity index (χ3v) is 11.4. The fourth-order valence-corrected chi connectivity index (χ4v) is 7.39. The molecule has 0 aliphatic rings. The van der Waals surface area contributed by atoms with Crippen LogP contribution in [0, 0.1) is 0 Å². The van der Waals surface area contributed by atoms with Crippen molar-refractivity contribution in [2.75, 3.05) is 13.2 Å². The van der Waals surface area contributed by atoms with Gasteiger partial charge in [-0.25, -0.2) is 0 Å². The lowest BCUT2D eigenvalue weighted by Crippen LogP contribution is -2.30. The van der Waals surface area contributed by atoms with Crippen molar-refractivity contribution in [3.63, 3.8) is 0 Å². The Kier molecular flexibility index (Phi) is 49.9. The number of carbonyl (C=O) groups is 3. The zero-order valence-corrected chi connectivity index (χ0v) is 42.0. The van der Waals surface area contributed by atoms with E-state index in [0.29, 0.717) is 19.3 Å². The van der Waals surface area contributed by atoms with Gasteiger partial charge in [0, 0.05) is 19.3 Å². The first-order valence-electron chi connectivity index (χ1n) is 26.9. The maximum absolute atomic E-state index is 12.7. The SMILES string of the molecule is CC/C=C\C/C=C\C/C=C\C/C=C\CCCCCCCCCCCCCCCCC(=O)OCC(COC(=O)CCCCCCC)OC(=O)CCCCCCC/C=C\C/C=C\CCCC. The molecule has 0 amide bonds. The Morgan fingerprint density at radius 2 is 0.625 bits per heavy atom. The van der Waals surface area contributed by atoms with Crippen LogP contribution in [0.1, 0.15) is 258 Å². The van der Waals surface area contributed by atoms with Crippen molar-refractivity contribution in [3.8, 4) is 0 Å². The van der Waals surface area contributed by atoms with Crippen LogP contribution in [0.2, 0.25) is 0 Å². The largest absolute Gasteiger partial charge is 0.462 e. The molecule has 0 aromatic heterocycles. The molecule has 0 spiro atoms. The number of hydrogen-bond acceptors (Lipinski definition) is 6. The van der Waals surface area contributed by atoms with E-state index >= 15 is 0 Å². The van der Waals surface area contributed by atoms with E-state index in [0.717, 1.165) is 116 Å². The summed E-state index contributed by atoms with van der Waals surface area (Å²) >= 11 is 0. The van der Waals surface area contributed by atoms with E-state index < -0.39 is 6.10 Å². The normalized spacial score (nSPS) is 12.6. The van der Waals surface area contributed by atoms with E-state index in [4.69, 9.17) is 14.2 Å². The molecular formula is C58H100O6. The van der Waals surface area contributed by atoms with Gasteiger partial charge < -0.3 is 14.2 Å². The maximum Gasteiger partial charge on any atom is 0.306 e. The molecule has 1 unspecified atom stereocenters. The van der Waals surface area contributed by atoms with Gasteiger partial charge >= 0.3 is 17.9 Å². The first kappa shape index (κ1) is 60.9. The second-order valence-electron chi connectivity index (χ2n) is 17.8. The fourth-order valence-electron chi connectivity index (χ4n) is 7.39. The van der Waals surface area contributed by atoms with Gasteiger partial charge in [0.2, 0.25) is 0 Å². The van der Waals surface area contributed by atoms with Crippen molar-refractivity contribution in [1.82, 2.24) is 0 Å². The second kappa shape index (κ2) is 52.5. The minimum atomic E-state index is -0.777. The van der Waals surface area contributed by atoms with Gasteiger partial charge in [-0.2, -0.15) is 0 Å². The third-order valence-electron chi connectivity index (χ3n) is 11.4.